The Morgan fingerprint density at radius 2 is 1.95 bits per heavy atom. The SMILES string of the molecule is O=C([O-])c1cc([N+](=O)[O-])ccc1N1CCN(CCO)CC1. The van der Waals surface area contributed by atoms with Crippen LogP contribution in [0.1, 0.15) is 10.4 Å². The van der Waals surface area contributed by atoms with Crippen LogP contribution in [0.25, 0.3) is 0 Å². The molecule has 0 unspecified atom stereocenters. The third-order valence-electron chi connectivity index (χ3n) is 3.54. The van der Waals surface area contributed by atoms with Crippen LogP contribution >= 0.6 is 0 Å². The highest BCUT2D eigenvalue weighted by Gasteiger charge is 2.21. The maximum Gasteiger partial charge on any atom is 0.270 e. The molecule has 1 heterocycles. The number of β-amino-alcohol motifs (C(OH)–C–C–N with tert-alkyl or cyclic N) is 1. The largest absolute Gasteiger partial charge is 0.545 e. The highest BCUT2D eigenvalue weighted by molar-refractivity contribution is 5.94. The summed E-state index contributed by atoms with van der Waals surface area (Å²) < 4.78 is 0. The molecule has 1 fully saturated rings. The van der Waals surface area contributed by atoms with Gasteiger partial charge in [-0.15, -0.1) is 0 Å². The van der Waals surface area contributed by atoms with Gasteiger partial charge in [0, 0.05) is 56.1 Å². The number of nitrogens with zero attached hydrogens (tertiary/aromatic N) is 3. The van der Waals surface area contributed by atoms with Gasteiger partial charge in [-0.25, -0.2) is 0 Å². The highest BCUT2D eigenvalue weighted by Crippen LogP contribution is 2.26. The molecule has 114 valence electrons. The molecule has 0 aromatic heterocycles. The van der Waals surface area contributed by atoms with Crippen LogP contribution in [0.5, 0.6) is 0 Å². The Balaban J connectivity index is 2.20. The van der Waals surface area contributed by atoms with E-state index in [0.717, 1.165) is 6.07 Å². The summed E-state index contributed by atoms with van der Waals surface area (Å²) in [6.07, 6.45) is 0. The summed E-state index contributed by atoms with van der Waals surface area (Å²) in [5.41, 5.74) is 0.000855. The minimum Gasteiger partial charge on any atom is -0.545 e. The summed E-state index contributed by atoms with van der Waals surface area (Å²) in [5, 5.41) is 30.8. The quantitative estimate of drug-likeness (QED) is 0.552. The summed E-state index contributed by atoms with van der Waals surface area (Å²) in [5.74, 6) is -1.42. The second kappa shape index (κ2) is 6.51. The van der Waals surface area contributed by atoms with Crippen LogP contribution in [-0.2, 0) is 0 Å². The van der Waals surface area contributed by atoms with E-state index < -0.39 is 10.9 Å². The van der Waals surface area contributed by atoms with E-state index in [4.69, 9.17) is 5.11 Å². The molecule has 21 heavy (non-hydrogen) atoms. The number of aromatic carboxylic acids is 1. The average Bonchev–Trinajstić information content (AvgIpc) is 2.47. The van der Waals surface area contributed by atoms with Gasteiger partial charge in [0.05, 0.1) is 17.5 Å². The lowest BCUT2D eigenvalue weighted by Gasteiger charge is -2.36. The number of aliphatic hydroxyl groups is 1. The third kappa shape index (κ3) is 3.47. The van der Waals surface area contributed by atoms with E-state index in [1.54, 1.807) is 0 Å². The summed E-state index contributed by atoms with van der Waals surface area (Å²) in [6.45, 7) is 3.26. The van der Waals surface area contributed by atoms with Gasteiger partial charge >= 0.3 is 0 Å². The topological polar surface area (TPSA) is 110 Å². The standard InChI is InChI=1S/C13H17N3O5/c17-8-7-14-3-5-15(6-4-14)12-2-1-10(16(20)21)9-11(12)13(18)19/h1-2,9,17H,3-8H2,(H,18,19)/p-1. The molecule has 0 saturated carbocycles. The number of hydrogen-bond donors (Lipinski definition) is 1. The predicted molar refractivity (Wildman–Crippen MR) is 73.2 cm³/mol. The summed E-state index contributed by atoms with van der Waals surface area (Å²) >= 11 is 0. The van der Waals surface area contributed by atoms with Crippen molar-refractivity contribution >= 4 is 17.3 Å². The number of piperazine rings is 1. The predicted octanol–water partition coefficient (Wildman–Crippen LogP) is -0.927. The van der Waals surface area contributed by atoms with E-state index in [0.29, 0.717) is 38.4 Å². The number of hydrogen-bond acceptors (Lipinski definition) is 7. The molecule has 0 radical (unpaired) electrons. The molecule has 1 saturated heterocycles. The van der Waals surface area contributed by atoms with Gasteiger partial charge in [0.1, 0.15) is 0 Å². The second-order valence-electron chi connectivity index (χ2n) is 4.80. The Kier molecular flexibility index (Phi) is 4.71. The molecule has 8 nitrogen and oxygen atoms in total. The number of carboxylic acids is 1. The Hall–Kier alpha value is -2.19. The van der Waals surface area contributed by atoms with Crippen LogP contribution in [0.2, 0.25) is 0 Å². The smallest absolute Gasteiger partial charge is 0.270 e. The van der Waals surface area contributed by atoms with Crippen molar-refractivity contribution in [3.8, 4) is 0 Å². The summed E-state index contributed by atoms with van der Waals surface area (Å²) in [6, 6.07) is 3.78. The second-order valence-corrected chi connectivity index (χ2v) is 4.80. The molecule has 1 aliphatic rings. The molecule has 2 rings (SSSR count). The normalized spacial score (nSPS) is 16.0. The van der Waals surface area contributed by atoms with Gasteiger partial charge in [0.15, 0.2) is 0 Å². The maximum atomic E-state index is 11.2. The minimum atomic E-state index is -1.42. The molecular formula is C13H16N3O5-. The van der Waals surface area contributed by atoms with Gasteiger partial charge < -0.3 is 19.9 Å². The Morgan fingerprint density at radius 1 is 1.29 bits per heavy atom. The highest BCUT2D eigenvalue weighted by atomic mass is 16.6. The maximum absolute atomic E-state index is 11.2. The molecule has 1 aliphatic heterocycles. The monoisotopic (exact) mass is 294 g/mol. The van der Waals surface area contributed by atoms with Gasteiger partial charge in [-0.3, -0.25) is 15.0 Å². The molecule has 8 heteroatoms. The first-order valence-electron chi connectivity index (χ1n) is 6.61. The first-order chi connectivity index (χ1) is 10.0. The van der Waals surface area contributed by atoms with Gasteiger partial charge in [-0.05, 0) is 6.07 Å². The van der Waals surface area contributed by atoms with Crippen LogP contribution in [0, 0.1) is 10.1 Å². The van der Waals surface area contributed by atoms with Crippen molar-refractivity contribution in [1.29, 1.82) is 0 Å². The van der Waals surface area contributed by atoms with Gasteiger partial charge in [0.25, 0.3) is 5.69 Å². The number of nitro benzene ring substituents is 1. The first-order valence-corrected chi connectivity index (χ1v) is 6.61. The molecule has 0 bridgehead atoms. The zero-order valence-corrected chi connectivity index (χ0v) is 11.4. The summed E-state index contributed by atoms with van der Waals surface area (Å²) in [7, 11) is 0. The molecular weight excluding hydrogens is 278 g/mol. The van der Waals surface area contributed by atoms with E-state index in [1.807, 2.05) is 4.90 Å². The van der Waals surface area contributed by atoms with Crippen molar-refractivity contribution in [3.63, 3.8) is 0 Å². The Bertz CT molecular complexity index is 541. The fraction of sp³-hybridized carbons (Fsp3) is 0.462. The Labute approximate surface area is 121 Å². The van der Waals surface area contributed by atoms with Crippen molar-refractivity contribution in [2.45, 2.75) is 0 Å². The van der Waals surface area contributed by atoms with Crippen LogP contribution in [0.15, 0.2) is 18.2 Å². The number of non-ortho nitro benzene ring substituents is 1. The van der Waals surface area contributed by atoms with Gasteiger partial charge in [-0.2, -0.15) is 0 Å². The van der Waals surface area contributed by atoms with E-state index in [9.17, 15) is 20.0 Å². The molecule has 1 aromatic carbocycles. The number of anilines is 1. The van der Waals surface area contributed by atoms with Crippen LogP contribution < -0.4 is 10.0 Å². The zero-order valence-electron chi connectivity index (χ0n) is 11.4. The minimum absolute atomic E-state index is 0.0851. The van der Waals surface area contributed by atoms with Crippen LogP contribution in [-0.4, -0.2) is 60.2 Å². The molecule has 0 atom stereocenters. The summed E-state index contributed by atoms with van der Waals surface area (Å²) in [4.78, 5) is 25.2. The number of carboxylic acid groups (broad SMARTS) is 1. The van der Waals surface area contributed by atoms with E-state index in [2.05, 4.69) is 4.90 Å². The molecule has 0 aliphatic carbocycles. The number of carbonyl (C=O) groups excluding carboxylic acids is 1. The molecule has 0 spiro atoms. The zero-order chi connectivity index (χ0) is 15.4. The van der Waals surface area contributed by atoms with Crippen molar-refractivity contribution in [3.05, 3.63) is 33.9 Å². The molecule has 0 amide bonds. The van der Waals surface area contributed by atoms with E-state index in [-0.39, 0.29) is 17.9 Å². The van der Waals surface area contributed by atoms with E-state index >= 15 is 0 Å². The Morgan fingerprint density at radius 3 is 2.48 bits per heavy atom. The van der Waals surface area contributed by atoms with Crippen molar-refractivity contribution < 1.29 is 19.9 Å². The van der Waals surface area contributed by atoms with Crippen molar-refractivity contribution in [1.82, 2.24) is 4.90 Å². The van der Waals surface area contributed by atoms with Gasteiger partial charge in [0.2, 0.25) is 0 Å². The lowest BCUT2D eigenvalue weighted by atomic mass is 10.1. The number of nitro groups is 1. The average molecular weight is 294 g/mol. The fourth-order valence-electron chi connectivity index (χ4n) is 2.43. The number of benzene rings is 1. The molecule has 1 aromatic rings. The molecule has 1 N–H and O–H groups in total. The number of carbonyl (C=O) groups is 1. The first kappa shape index (κ1) is 15.2. The lowest BCUT2D eigenvalue weighted by Crippen LogP contribution is -2.47. The van der Waals surface area contributed by atoms with Crippen molar-refractivity contribution in [2.24, 2.45) is 0 Å². The van der Waals surface area contributed by atoms with Crippen LogP contribution in [0.3, 0.4) is 0 Å². The van der Waals surface area contributed by atoms with Crippen molar-refractivity contribution in [2.75, 3.05) is 44.2 Å². The van der Waals surface area contributed by atoms with Crippen LogP contribution in [0.4, 0.5) is 11.4 Å². The number of aliphatic hydroxyl groups excluding tert-OH is 1. The van der Waals surface area contributed by atoms with Gasteiger partial charge in [-0.1, -0.05) is 0 Å². The fourth-order valence-corrected chi connectivity index (χ4v) is 2.43. The third-order valence-corrected chi connectivity index (χ3v) is 3.54. The number of rotatable bonds is 5. The lowest BCUT2D eigenvalue weighted by molar-refractivity contribution is -0.385. The van der Waals surface area contributed by atoms with E-state index in [1.165, 1.54) is 12.1 Å².